The maximum absolute atomic E-state index is 8.56. The van der Waals surface area contributed by atoms with Crippen molar-refractivity contribution in [2.24, 2.45) is 0 Å². The second kappa shape index (κ2) is 42.7. The summed E-state index contributed by atoms with van der Waals surface area (Å²) >= 11 is 0. The minimum absolute atomic E-state index is 0. The third-order valence-corrected chi connectivity index (χ3v) is 0. The van der Waals surface area contributed by atoms with Gasteiger partial charge in [-0.15, -0.1) is 0 Å². The SMILES string of the molecule is O=C(O)O.O=C(O)O.O=C(O)O.[CaH2].[CaH2].[CaH2].[CaH2].[CaH2]. The van der Waals surface area contributed by atoms with Gasteiger partial charge in [0.05, 0.1) is 0 Å². The first-order valence-corrected chi connectivity index (χ1v) is 1.95. The van der Waals surface area contributed by atoms with Gasteiger partial charge in [-0.2, -0.15) is 0 Å². The zero-order valence-electron chi connectivity index (χ0n) is 5.41. The molecular weight excluding hydrogens is 380 g/mol. The van der Waals surface area contributed by atoms with E-state index in [1.807, 2.05) is 0 Å². The van der Waals surface area contributed by atoms with Gasteiger partial charge in [0.25, 0.3) is 0 Å². The Morgan fingerprint density at radius 3 is 0.412 bits per heavy atom. The molecule has 17 heavy (non-hydrogen) atoms. The first-order chi connectivity index (χ1) is 5.20. The summed E-state index contributed by atoms with van der Waals surface area (Å²) in [6, 6.07) is 0. The average Bonchev–Trinajstić information content (AvgIpc) is 1.54. The van der Waals surface area contributed by atoms with Crippen LogP contribution in [0.4, 0.5) is 14.4 Å². The molecule has 0 saturated heterocycles. The standard InChI is InChI=1S/3CH2O3.5Ca.10H/c3*2-1(3)4;;;;;;;;;;;;;;;/h3*(H2,2,3,4);;;;;;;;;;;;;;;. The van der Waals surface area contributed by atoms with E-state index in [1.165, 1.54) is 0 Å². The molecule has 0 heterocycles. The van der Waals surface area contributed by atoms with Crippen LogP contribution in [0.2, 0.25) is 0 Å². The minimum atomic E-state index is -1.83. The Labute approximate surface area is 245 Å². The molecule has 14 heteroatoms. The van der Waals surface area contributed by atoms with Crippen molar-refractivity contribution in [1.29, 1.82) is 0 Å². The Balaban J connectivity index is -0.0000000104. The molecule has 0 bridgehead atoms. The molecule has 0 aliphatic rings. The Morgan fingerprint density at radius 1 is 0.412 bits per heavy atom. The molecule has 0 aromatic rings. The van der Waals surface area contributed by atoms with Crippen LogP contribution in [0.1, 0.15) is 0 Å². The predicted molar refractivity (Wildman–Crippen MR) is 74.7 cm³/mol. The van der Waals surface area contributed by atoms with Crippen molar-refractivity contribution >= 4 is 207 Å². The van der Waals surface area contributed by atoms with E-state index in [0.29, 0.717) is 0 Å². The third-order valence-electron chi connectivity index (χ3n) is 0. The molecular formula is C3H16Ca5O9. The van der Waals surface area contributed by atoms with Crippen LogP contribution >= 0.6 is 0 Å². The fraction of sp³-hybridized carbons (Fsp3) is 0. The Morgan fingerprint density at radius 2 is 0.412 bits per heavy atom. The summed E-state index contributed by atoms with van der Waals surface area (Å²) in [6.07, 6.45) is -5.50. The molecule has 0 radical (unpaired) electrons. The van der Waals surface area contributed by atoms with E-state index in [4.69, 9.17) is 45.0 Å². The fourth-order valence-corrected chi connectivity index (χ4v) is 0. The number of hydrogen-bond donors (Lipinski definition) is 6. The van der Waals surface area contributed by atoms with Gasteiger partial charge in [-0.1, -0.05) is 0 Å². The van der Waals surface area contributed by atoms with E-state index in [0.717, 1.165) is 0 Å². The quantitative estimate of drug-likeness (QED) is 0.224. The van der Waals surface area contributed by atoms with Crippen molar-refractivity contribution in [3.63, 3.8) is 0 Å². The summed E-state index contributed by atoms with van der Waals surface area (Å²) in [4.78, 5) is 25.7. The summed E-state index contributed by atoms with van der Waals surface area (Å²) in [6.45, 7) is 0. The van der Waals surface area contributed by atoms with E-state index >= 15 is 0 Å². The molecule has 0 fully saturated rings. The number of carbonyl (C=O) groups is 3. The molecule has 0 atom stereocenters. The molecule has 0 aromatic carbocycles. The van der Waals surface area contributed by atoms with Gasteiger partial charge in [0, 0.05) is 0 Å². The van der Waals surface area contributed by atoms with Gasteiger partial charge >= 0.3 is 207 Å². The van der Waals surface area contributed by atoms with Gasteiger partial charge in [-0.25, -0.2) is 14.4 Å². The van der Waals surface area contributed by atoms with E-state index in [2.05, 4.69) is 0 Å². The van der Waals surface area contributed by atoms with Gasteiger partial charge < -0.3 is 30.6 Å². The molecule has 0 spiro atoms. The monoisotopic (exact) mass is 396 g/mol. The topological polar surface area (TPSA) is 173 Å². The van der Waals surface area contributed by atoms with Crippen LogP contribution in [0, 0.1) is 0 Å². The van der Waals surface area contributed by atoms with Crippen molar-refractivity contribution in [2.75, 3.05) is 0 Å². The van der Waals surface area contributed by atoms with Gasteiger partial charge in [0.2, 0.25) is 0 Å². The molecule has 0 rings (SSSR count). The third kappa shape index (κ3) is 391. The number of rotatable bonds is 0. The first kappa shape index (κ1) is 49.7. The average molecular weight is 397 g/mol. The predicted octanol–water partition coefficient (Wildman–Crippen LogP) is -3.91. The van der Waals surface area contributed by atoms with E-state index < -0.39 is 18.5 Å². The molecule has 9 nitrogen and oxygen atoms in total. The van der Waals surface area contributed by atoms with Crippen LogP contribution in [-0.2, 0) is 0 Å². The van der Waals surface area contributed by atoms with E-state index in [9.17, 15) is 0 Å². The Hall–Kier alpha value is 4.11. The van der Waals surface area contributed by atoms with Crippen LogP contribution in [-0.4, -0.2) is 238 Å². The van der Waals surface area contributed by atoms with Crippen molar-refractivity contribution < 1.29 is 45.0 Å². The normalized spacial score (nSPS) is 4.24. The van der Waals surface area contributed by atoms with Crippen LogP contribution < -0.4 is 0 Å². The summed E-state index contributed by atoms with van der Waals surface area (Å²) < 4.78 is 0. The van der Waals surface area contributed by atoms with Crippen LogP contribution in [0.25, 0.3) is 0 Å². The number of hydrogen-bond acceptors (Lipinski definition) is 3. The van der Waals surface area contributed by atoms with Gasteiger partial charge in [0.15, 0.2) is 0 Å². The van der Waals surface area contributed by atoms with Gasteiger partial charge in [-0.05, 0) is 0 Å². The number of carboxylic acid groups (broad SMARTS) is 6. The molecule has 0 aliphatic heterocycles. The summed E-state index contributed by atoms with van der Waals surface area (Å²) in [5.41, 5.74) is 0. The van der Waals surface area contributed by atoms with E-state index in [-0.39, 0.29) is 189 Å². The van der Waals surface area contributed by atoms with Crippen LogP contribution in [0.3, 0.4) is 0 Å². The molecule has 0 aliphatic carbocycles. The van der Waals surface area contributed by atoms with Gasteiger partial charge in [-0.3, -0.25) is 0 Å². The van der Waals surface area contributed by atoms with Crippen LogP contribution in [0.15, 0.2) is 0 Å². The summed E-state index contributed by atoms with van der Waals surface area (Å²) in [5, 5.41) is 41.8. The Bertz CT molecular complexity index is 122. The first-order valence-electron chi connectivity index (χ1n) is 1.95. The van der Waals surface area contributed by atoms with Crippen molar-refractivity contribution in [2.45, 2.75) is 0 Å². The fourth-order valence-electron chi connectivity index (χ4n) is 0. The summed E-state index contributed by atoms with van der Waals surface area (Å²) in [5.74, 6) is 0. The van der Waals surface area contributed by atoms with Crippen molar-refractivity contribution in [1.82, 2.24) is 0 Å². The second-order valence-electron chi connectivity index (χ2n) is 0.848. The molecule has 92 valence electrons. The molecule has 0 unspecified atom stereocenters. The van der Waals surface area contributed by atoms with Crippen LogP contribution in [0.5, 0.6) is 0 Å². The molecule has 0 aromatic heterocycles. The summed E-state index contributed by atoms with van der Waals surface area (Å²) in [7, 11) is 0. The van der Waals surface area contributed by atoms with Crippen molar-refractivity contribution in [3.05, 3.63) is 0 Å². The zero-order valence-corrected chi connectivity index (χ0v) is 5.41. The second-order valence-corrected chi connectivity index (χ2v) is 0.848. The molecule has 0 saturated carbocycles. The van der Waals surface area contributed by atoms with Gasteiger partial charge in [0.1, 0.15) is 0 Å². The molecule has 6 N–H and O–H groups in total. The Kier molecular flexibility index (Phi) is 125. The van der Waals surface area contributed by atoms with Crippen molar-refractivity contribution in [3.8, 4) is 0 Å². The van der Waals surface area contributed by atoms with E-state index in [1.54, 1.807) is 0 Å². The zero-order chi connectivity index (χ0) is 10.7. The maximum atomic E-state index is 8.56. The molecule has 0 amide bonds.